The molecule has 1 unspecified atom stereocenters. The van der Waals surface area contributed by atoms with Crippen LogP contribution in [-0.4, -0.2) is 11.7 Å². The maximum absolute atomic E-state index is 6.56. The molecule has 0 fully saturated rings. The standard InChI is InChI=1S/C49H33N3O/c1-3-12-32(13-4-1)33-24-28-38(29-25-33)48-50-47(37-15-5-2-6-16-37)51-49(52-48)43-30-39(31-45-46(43)42-19-9-10-21-44(42)53-45)34-22-26-36(27-23-34)41-20-11-17-35-14-7-8-18-40(35)41/h1-31,49H,(H,50,51,52). The summed E-state index contributed by atoms with van der Waals surface area (Å²) in [7, 11) is 0. The molecule has 0 spiro atoms. The first kappa shape index (κ1) is 30.8. The van der Waals surface area contributed by atoms with Crippen LogP contribution in [-0.2, 0) is 0 Å². The summed E-state index contributed by atoms with van der Waals surface area (Å²) in [5.41, 5.74) is 11.6. The molecule has 0 radical (unpaired) electrons. The lowest BCUT2D eigenvalue weighted by molar-refractivity contribution is 0.662. The van der Waals surface area contributed by atoms with E-state index in [1.165, 1.54) is 27.5 Å². The van der Waals surface area contributed by atoms with Gasteiger partial charge in [0.2, 0.25) is 0 Å². The third kappa shape index (κ3) is 5.67. The molecule has 1 aromatic heterocycles. The molecule has 1 atom stereocenters. The highest BCUT2D eigenvalue weighted by Gasteiger charge is 2.25. The largest absolute Gasteiger partial charge is 0.456 e. The average Bonchev–Trinajstić information content (AvgIpc) is 3.62. The second kappa shape index (κ2) is 12.9. The molecule has 53 heavy (non-hydrogen) atoms. The van der Waals surface area contributed by atoms with Crippen LogP contribution in [0.15, 0.2) is 202 Å². The van der Waals surface area contributed by atoms with Crippen LogP contribution in [0.5, 0.6) is 0 Å². The van der Waals surface area contributed by atoms with Gasteiger partial charge in [-0.25, -0.2) is 9.98 Å². The van der Waals surface area contributed by atoms with Crippen LogP contribution in [0.1, 0.15) is 22.9 Å². The smallest absolute Gasteiger partial charge is 0.159 e. The van der Waals surface area contributed by atoms with Gasteiger partial charge in [0, 0.05) is 27.5 Å². The number of rotatable bonds is 6. The van der Waals surface area contributed by atoms with Crippen molar-refractivity contribution < 1.29 is 4.42 Å². The first-order chi connectivity index (χ1) is 26.2. The molecule has 8 aromatic carbocycles. The fourth-order valence-corrected chi connectivity index (χ4v) is 7.51. The lowest BCUT2D eigenvalue weighted by Gasteiger charge is -2.25. The third-order valence-electron chi connectivity index (χ3n) is 10.2. The molecule has 4 heteroatoms. The van der Waals surface area contributed by atoms with Gasteiger partial charge in [-0.05, 0) is 62.4 Å². The van der Waals surface area contributed by atoms with Crippen molar-refractivity contribution in [3.8, 4) is 33.4 Å². The van der Waals surface area contributed by atoms with Gasteiger partial charge in [0.05, 0.1) is 0 Å². The van der Waals surface area contributed by atoms with Gasteiger partial charge in [0.15, 0.2) is 5.84 Å². The van der Waals surface area contributed by atoms with Crippen LogP contribution in [0.2, 0.25) is 0 Å². The van der Waals surface area contributed by atoms with Gasteiger partial charge in [-0.1, -0.05) is 170 Å². The summed E-state index contributed by atoms with van der Waals surface area (Å²) in [6.45, 7) is 0. The lowest BCUT2D eigenvalue weighted by atomic mass is 9.94. The van der Waals surface area contributed by atoms with E-state index in [0.717, 1.165) is 61.2 Å². The van der Waals surface area contributed by atoms with Crippen molar-refractivity contribution in [3.63, 3.8) is 0 Å². The molecule has 0 amide bonds. The molecule has 2 heterocycles. The van der Waals surface area contributed by atoms with E-state index in [4.69, 9.17) is 14.4 Å². The van der Waals surface area contributed by atoms with Gasteiger partial charge in [-0.15, -0.1) is 0 Å². The number of amidine groups is 2. The first-order valence-electron chi connectivity index (χ1n) is 17.9. The van der Waals surface area contributed by atoms with Crippen molar-refractivity contribution >= 4 is 44.4 Å². The minimum absolute atomic E-state index is 0.426. The van der Waals surface area contributed by atoms with Crippen LogP contribution >= 0.6 is 0 Å². The number of aliphatic imine (C=N–C) groups is 2. The van der Waals surface area contributed by atoms with Crippen LogP contribution in [0.25, 0.3) is 66.1 Å². The normalized spacial score (nSPS) is 14.2. The topological polar surface area (TPSA) is 49.9 Å². The average molecular weight is 680 g/mol. The molecule has 4 nitrogen and oxygen atoms in total. The summed E-state index contributed by atoms with van der Waals surface area (Å²) in [6, 6.07) is 65.8. The van der Waals surface area contributed by atoms with E-state index in [1.807, 2.05) is 36.4 Å². The number of hydrogen-bond acceptors (Lipinski definition) is 4. The number of fused-ring (bicyclic) bond motifs is 4. The molecule has 0 bridgehead atoms. The van der Waals surface area contributed by atoms with E-state index in [9.17, 15) is 0 Å². The summed E-state index contributed by atoms with van der Waals surface area (Å²) < 4.78 is 6.56. The number of nitrogens with zero attached hydrogens (tertiary/aromatic N) is 2. The molecule has 0 saturated carbocycles. The Hall–Kier alpha value is -7.04. The zero-order valence-electron chi connectivity index (χ0n) is 28.8. The van der Waals surface area contributed by atoms with Crippen molar-refractivity contribution in [1.82, 2.24) is 5.32 Å². The van der Waals surface area contributed by atoms with Crippen LogP contribution in [0, 0.1) is 0 Å². The van der Waals surface area contributed by atoms with Gasteiger partial charge < -0.3 is 9.73 Å². The first-order valence-corrected chi connectivity index (χ1v) is 17.9. The minimum Gasteiger partial charge on any atom is -0.456 e. The summed E-state index contributed by atoms with van der Waals surface area (Å²) in [6.07, 6.45) is -0.426. The zero-order valence-corrected chi connectivity index (χ0v) is 28.8. The van der Waals surface area contributed by atoms with Crippen molar-refractivity contribution in [2.24, 2.45) is 9.98 Å². The SMILES string of the molecule is c1ccc(C2=NC(c3cc(-c4ccc(-c5cccc6ccccc56)cc4)cc4oc5ccccc5c34)NC(c3ccc(-c4ccccc4)cc3)=N2)cc1. The van der Waals surface area contributed by atoms with E-state index in [0.29, 0.717) is 5.84 Å². The van der Waals surface area contributed by atoms with E-state index >= 15 is 0 Å². The Bertz CT molecular complexity index is 2830. The summed E-state index contributed by atoms with van der Waals surface area (Å²) in [5.74, 6) is 1.46. The van der Waals surface area contributed by atoms with Crippen molar-refractivity contribution in [3.05, 3.63) is 205 Å². The van der Waals surface area contributed by atoms with Crippen LogP contribution in [0.3, 0.4) is 0 Å². The molecule has 9 aromatic rings. The van der Waals surface area contributed by atoms with E-state index < -0.39 is 6.17 Å². The summed E-state index contributed by atoms with van der Waals surface area (Å²) in [4.78, 5) is 10.4. The third-order valence-corrected chi connectivity index (χ3v) is 10.2. The van der Waals surface area contributed by atoms with Gasteiger partial charge in [0.25, 0.3) is 0 Å². The second-order valence-electron chi connectivity index (χ2n) is 13.4. The van der Waals surface area contributed by atoms with Crippen LogP contribution in [0.4, 0.5) is 0 Å². The van der Waals surface area contributed by atoms with Gasteiger partial charge in [0.1, 0.15) is 23.2 Å². The van der Waals surface area contributed by atoms with Gasteiger partial charge in [-0.3, -0.25) is 0 Å². The Morgan fingerprint density at radius 1 is 0.434 bits per heavy atom. The maximum Gasteiger partial charge on any atom is 0.159 e. The molecule has 1 aliphatic heterocycles. The highest BCUT2D eigenvalue weighted by Crippen LogP contribution is 2.40. The van der Waals surface area contributed by atoms with Crippen LogP contribution < -0.4 is 5.32 Å². The zero-order chi connectivity index (χ0) is 35.1. The van der Waals surface area contributed by atoms with Gasteiger partial charge in [-0.2, -0.15) is 0 Å². The second-order valence-corrected chi connectivity index (χ2v) is 13.4. The molecular weight excluding hydrogens is 647 g/mol. The molecule has 0 saturated heterocycles. The predicted octanol–water partition coefficient (Wildman–Crippen LogP) is 12.2. The Balaban J connectivity index is 1.10. The Morgan fingerprint density at radius 3 is 1.79 bits per heavy atom. The lowest BCUT2D eigenvalue weighted by Crippen LogP contribution is -2.33. The number of hydrogen-bond donors (Lipinski definition) is 1. The number of benzene rings is 8. The highest BCUT2D eigenvalue weighted by atomic mass is 16.3. The quantitative estimate of drug-likeness (QED) is 0.190. The Labute approximate surface area is 307 Å². The number of nitrogens with one attached hydrogen (secondary N) is 1. The number of para-hydroxylation sites is 1. The number of furan rings is 1. The Morgan fingerprint density at radius 2 is 1.02 bits per heavy atom. The van der Waals surface area contributed by atoms with Crippen molar-refractivity contribution in [2.75, 3.05) is 0 Å². The van der Waals surface area contributed by atoms with E-state index in [2.05, 4.69) is 157 Å². The highest BCUT2D eigenvalue weighted by molar-refractivity contribution is 6.14. The summed E-state index contributed by atoms with van der Waals surface area (Å²) >= 11 is 0. The van der Waals surface area contributed by atoms with Crippen molar-refractivity contribution in [2.45, 2.75) is 6.17 Å². The molecule has 0 aliphatic carbocycles. The minimum atomic E-state index is -0.426. The summed E-state index contributed by atoms with van der Waals surface area (Å²) in [5, 5.41) is 8.33. The van der Waals surface area contributed by atoms with Gasteiger partial charge >= 0.3 is 0 Å². The molecule has 1 aliphatic rings. The maximum atomic E-state index is 6.56. The molecule has 1 N–H and O–H groups in total. The predicted molar refractivity (Wildman–Crippen MR) is 219 cm³/mol. The monoisotopic (exact) mass is 679 g/mol. The molecule has 10 rings (SSSR count). The van der Waals surface area contributed by atoms with E-state index in [-0.39, 0.29) is 0 Å². The molecule has 250 valence electrons. The Kier molecular flexibility index (Phi) is 7.51. The fraction of sp³-hybridized carbons (Fsp3) is 0.0204. The molecular formula is C49H33N3O. The fourth-order valence-electron chi connectivity index (χ4n) is 7.51. The van der Waals surface area contributed by atoms with E-state index in [1.54, 1.807) is 0 Å². The van der Waals surface area contributed by atoms with Crippen molar-refractivity contribution in [1.29, 1.82) is 0 Å².